The molecule has 0 amide bonds. The lowest BCUT2D eigenvalue weighted by Gasteiger charge is -2.01. The maximum atomic E-state index is 5.26. The molecule has 2 heterocycles. The second kappa shape index (κ2) is 2.75. The Morgan fingerprint density at radius 2 is 2.08 bits per heavy atom. The Kier molecular flexibility index (Phi) is 1.60. The highest BCUT2D eigenvalue weighted by molar-refractivity contribution is 5.87. The van der Waals surface area contributed by atoms with Crippen molar-refractivity contribution in [3.8, 4) is 0 Å². The second-order valence-electron chi connectivity index (χ2n) is 2.38. The third-order valence-corrected chi connectivity index (χ3v) is 1.66. The van der Waals surface area contributed by atoms with E-state index in [1.165, 1.54) is 0 Å². The zero-order valence-electron chi connectivity index (χ0n) is 6.36. The van der Waals surface area contributed by atoms with Crippen molar-refractivity contribution in [1.29, 1.82) is 0 Å². The van der Waals surface area contributed by atoms with E-state index in [-0.39, 0.29) is 0 Å². The average molecular weight is 160 g/mol. The Labute approximate surface area is 69.4 Å². The molecular formula is C8H8N4. The lowest BCUT2D eigenvalue weighted by molar-refractivity contribution is 1.23. The predicted molar refractivity (Wildman–Crippen MR) is 47.3 cm³/mol. The highest BCUT2D eigenvalue weighted by Crippen LogP contribution is 2.15. The Morgan fingerprint density at radius 3 is 2.92 bits per heavy atom. The monoisotopic (exact) mass is 160 g/mol. The van der Waals surface area contributed by atoms with Gasteiger partial charge in [-0.25, -0.2) is 10.8 Å². The molecule has 0 aliphatic heterocycles. The van der Waals surface area contributed by atoms with E-state index in [1.54, 1.807) is 12.4 Å². The quantitative estimate of drug-likeness (QED) is 0.481. The zero-order chi connectivity index (χ0) is 8.39. The molecule has 0 fully saturated rings. The van der Waals surface area contributed by atoms with Crippen molar-refractivity contribution in [2.45, 2.75) is 0 Å². The fourth-order valence-corrected chi connectivity index (χ4v) is 1.11. The molecule has 4 heteroatoms. The molecule has 2 rings (SSSR count). The van der Waals surface area contributed by atoms with E-state index in [2.05, 4.69) is 15.4 Å². The van der Waals surface area contributed by atoms with Gasteiger partial charge in [0.05, 0.1) is 0 Å². The molecule has 4 nitrogen and oxygen atoms in total. The summed E-state index contributed by atoms with van der Waals surface area (Å²) in [5, 5.41) is 1.03. The van der Waals surface area contributed by atoms with Gasteiger partial charge in [-0.05, 0) is 12.1 Å². The Balaban J connectivity index is 2.79. The van der Waals surface area contributed by atoms with Gasteiger partial charge in [-0.1, -0.05) is 6.07 Å². The van der Waals surface area contributed by atoms with Gasteiger partial charge in [-0.3, -0.25) is 4.98 Å². The molecule has 0 unspecified atom stereocenters. The first kappa shape index (κ1) is 7.00. The molecule has 0 aliphatic rings. The predicted octanol–water partition coefficient (Wildman–Crippen LogP) is 0.915. The molecule has 0 aromatic carbocycles. The van der Waals surface area contributed by atoms with Crippen molar-refractivity contribution in [3.63, 3.8) is 0 Å². The average Bonchev–Trinajstić information content (AvgIpc) is 2.17. The number of fused-ring (bicyclic) bond motifs is 1. The summed E-state index contributed by atoms with van der Waals surface area (Å²) < 4.78 is 0. The van der Waals surface area contributed by atoms with Crippen molar-refractivity contribution >= 4 is 16.7 Å². The number of nitrogens with zero attached hydrogens (tertiary/aromatic N) is 2. The molecule has 3 N–H and O–H groups in total. The van der Waals surface area contributed by atoms with Crippen LogP contribution in [0.25, 0.3) is 10.9 Å². The summed E-state index contributed by atoms with van der Waals surface area (Å²) in [6, 6.07) is 5.73. The van der Waals surface area contributed by atoms with Gasteiger partial charge in [0.15, 0.2) is 5.82 Å². The van der Waals surface area contributed by atoms with E-state index >= 15 is 0 Å². The van der Waals surface area contributed by atoms with Gasteiger partial charge in [-0.15, -0.1) is 0 Å². The highest BCUT2D eigenvalue weighted by Gasteiger charge is 1.98. The van der Waals surface area contributed by atoms with Crippen LogP contribution in [-0.4, -0.2) is 9.97 Å². The number of nitrogens with two attached hydrogens (primary N) is 1. The number of hydrogen-bond acceptors (Lipinski definition) is 4. The van der Waals surface area contributed by atoms with Gasteiger partial charge in [0.1, 0.15) is 5.52 Å². The van der Waals surface area contributed by atoms with Gasteiger partial charge in [-0.2, -0.15) is 0 Å². The number of nitrogen functional groups attached to an aromatic ring is 1. The lowest BCUT2D eigenvalue weighted by atomic mass is 10.2. The highest BCUT2D eigenvalue weighted by atomic mass is 15.3. The van der Waals surface area contributed by atoms with Crippen molar-refractivity contribution in [2.24, 2.45) is 5.84 Å². The Bertz CT molecular complexity index is 394. The van der Waals surface area contributed by atoms with Crippen LogP contribution < -0.4 is 11.3 Å². The van der Waals surface area contributed by atoms with Gasteiger partial charge in [0.2, 0.25) is 0 Å². The largest absolute Gasteiger partial charge is 0.307 e. The minimum atomic E-state index is 0.605. The molecule has 0 atom stereocenters. The molecule has 0 spiro atoms. The summed E-state index contributed by atoms with van der Waals surface area (Å²) in [5.41, 5.74) is 3.29. The van der Waals surface area contributed by atoms with Crippen molar-refractivity contribution < 1.29 is 0 Å². The van der Waals surface area contributed by atoms with Crippen molar-refractivity contribution in [3.05, 3.63) is 30.6 Å². The van der Waals surface area contributed by atoms with Crippen LogP contribution in [0.15, 0.2) is 30.6 Å². The first-order chi connectivity index (χ1) is 5.92. The van der Waals surface area contributed by atoms with E-state index in [0.29, 0.717) is 5.82 Å². The number of rotatable bonds is 1. The maximum absolute atomic E-state index is 5.26. The van der Waals surface area contributed by atoms with Crippen LogP contribution in [-0.2, 0) is 0 Å². The number of aromatic nitrogens is 2. The van der Waals surface area contributed by atoms with Gasteiger partial charge >= 0.3 is 0 Å². The molecule has 0 bridgehead atoms. The van der Waals surface area contributed by atoms with Crippen LogP contribution in [0.5, 0.6) is 0 Å². The number of hydrazine groups is 1. The van der Waals surface area contributed by atoms with Crippen molar-refractivity contribution in [1.82, 2.24) is 9.97 Å². The molecule has 12 heavy (non-hydrogen) atoms. The van der Waals surface area contributed by atoms with E-state index in [4.69, 9.17) is 5.84 Å². The molecule has 0 radical (unpaired) electrons. The van der Waals surface area contributed by atoms with E-state index in [9.17, 15) is 0 Å². The third-order valence-electron chi connectivity index (χ3n) is 1.66. The third kappa shape index (κ3) is 0.981. The molecule has 0 saturated carbocycles. The first-order valence-electron chi connectivity index (χ1n) is 3.58. The molecule has 2 aromatic heterocycles. The van der Waals surface area contributed by atoms with E-state index in [0.717, 1.165) is 10.9 Å². The summed E-state index contributed by atoms with van der Waals surface area (Å²) in [5.74, 6) is 5.87. The SMILES string of the molecule is NNc1nccc2cccnc12. The zero-order valence-corrected chi connectivity index (χ0v) is 6.36. The lowest BCUT2D eigenvalue weighted by Crippen LogP contribution is -2.09. The summed E-state index contributed by atoms with van der Waals surface area (Å²) in [7, 11) is 0. The molecule has 0 aliphatic carbocycles. The van der Waals surface area contributed by atoms with Crippen LogP contribution in [0.2, 0.25) is 0 Å². The van der Waals surface area contributed by atoms with Crippen LogP contribution in [0, 0.1) is 0 Å². The normalized spacial score (nSPS) is 10.1. The summed E-state index contributed by atoms with van der Waals surface area (Å²) >= 11 is 0. The second-order valence-corrected chi connectivity index (χ2v) is 2.38. The van der Waals surface area contributed by atoms with Gasteiger partial charge in [0, 0.05) is 17.8 Å². The Hall–Kier alpha value is -1.68. The van der Waals surface area contributed by atoms with E-state index in [1.807, 2.05) is 18.2 Å². The molecular weight excluding hydrogens is 152 g/mol. The smallest absolute Gasteiger partial charge is 0.166 e. The fourth-order valence-electron chi connectivity index (χ4n) is 1.11. The number of pyridine rings is 2. The fraction of sp³-hybridized carbons (Fsp3) is 0. The number of hydrogen-bond donors (Lipinski definition) is 2. The maximum Gasteiger partial charge on any atom is 0.166 e. The standard InChI is InChI=1S/C8H8N4/c9-12-8-7-6(3-5-11-8)2-1-4-10-7/h1-5H,9H2,(H,11,12). The van der Waals surface area contributed by atoms with Gasteiger partial charge in [0.25, 0.3) is 0 Å². The van der Waals surface area contributed by atoms with Crippen LogP contribution in [0.1, 0.15) is 0 Å². The topological polar surface area (TPSA) is 63.8 Å². The number of nitrogens with one attached hydrogen (secondary N) is 1. The summed E-state index contributed by atoms with van der Waals surface area (Å²) in [6.45, 7) is 0. The van der Waals surface area contributed by atoms with Crippen LogP contribution in [0.4, 0.5) is 5.82 Å². The molecule has 60 valence electrons. The summed E-state index contributed by atoms with van der Waals surface area (Å²) in [4.78, 5) is 8.17. The van der Waals surface area contributed by atoms with Crippen LogP contribution >= 0.6 is 0 Å². The first-order valence-corrected chi connectivity index (χ1v) is 3.58. The van der Waals surface area contributed by atoms with Crippen molar-refractivity contribution in [2.75, 3.05) is 5.43 Å². The summed E-state index contributed by atoms with van der Waals surface area (Å²) in [6.07, 6.45) is 3.41. The molecule has 2 aromatic rings. The minimum Gasteiger partial charge on any atom is -0.307 e. The Morgan fingerprint density at radius 1 is 1.17 bits per heavy atom. The minimum absolute atomic E-state index is 0.605. The molecule has 0 saturated heterocycles. The number of anilines is 1. The van der Waals surface area contributed by atoms with Gasteiger partial charge < -0.3 is 5.43 Å². The van der Waals surface area contributed by atoms with E-state index < -0.39 is 0 Å². The van der Waals surface area contributed by atoms with Crippen LogP contribution in [0.3, 0.4) is 0 Å².